The van der Waals surface area contributed by atoms with Gasteiger partial charge in [-0.3, -0.25) is 0 Å². The number of nitrogens with zero attached hydrogens (tertiary/aromatic N) is 1. The molecule has 1 aliphatic rings. The van der Waals surface area contributed by atoms with Crippen molar-refractivity contribution >= 4 is 5.97 Å². The van der Waals surface area contributed by atoms with E-state index < -0.39 is 5.97 Å². The van der Waals surface area contributed by atoms with E-state index in [1.165, 1.54) is 13.5 Å². The normalized spacial score (nSPS) is 18.6. The van der Waals surface area contributed by atoms with Crippen LogP contribution in [0, 0.1) is 5.92 Å². The van der Waals surface area contributed by atoms with Gasteiger partial charge in [-0.05, 0) is 44.0 Å². The van der Waals surface area contributed by atoms with E-state index in [1.807, 2.05) is 0 Å². The first-order valence-corrected chi connectivity index (χ1v) is 6.18. The molecule has 0 bridgehead atoms. The first kappa shape index (κ1) is 12.8. The Kier molecular flexibility index (Phi) is 4.52. The fourth-order valence-corrected chi connectivity index (χ4v) is 2.05. The number of esters is 1. The third-order valence-corrected chi connectivity index (χ3v) is 3.10. The van der Waals surface area contributed by atoms with E-state index in [4.69, 9.17) is 4.74 Å². The molecule has 0 spiro atoms. The summed E-state index contributed by atoms with van der Waals surface area (Å²) in [6, 6.07) is 3.35. The van der Waals surface area contributed by atoms with Crippen molar-refractivity contribution in [3.63, 3.8) is 0 Å². The highest BCUT2D eigenvalue weighted by atomic mass is 16.5. The second-order valence-corrected chi connectivity index (χ2v) is 4.34. The summed E-state index contributed by atoms with van der Waals surface area (Å²) in [5.74, 6) is 0.603. The third kappa shape index (κ3) is 3.20. The highest BCUT2D eigenvalue weighted by Crippen LogP contribution is 2.17. The number of ether oxygens (including phenoxy) is 2. The van der Waals surface area contributed by atoms with Gasteiger partial charge in [-0.15, -0.1) is 0 Å². The minimum atomic E-state index is -0.416. The summed E-state index contributed by atoms with van der Waals surface area (Å²) in [6.07, 6.45) is 3.78. The predicted octanol–water partition coefficient (Wildman–Crippen LogP) is 1.25. The van der Waals surface area contributed by atoms with Crippen molar-refractivity contribution in [2.45, 2.75) is 12.8 Å². The third-order valence-electron chi connectivity index (χ3n) is 3.10. The molecule has 1 aliphatic heterocycles. The Bertz CT molecular complexity index is 403. The first-order chi connectivity index (χ1) is 8.81. The van der Waals surface area contributed by atoms with Gasteiger partial charge in [-0.25, -0.2) is 9.78 Å². The van der Waals surface area contributed by atoms with Crippen LogP contribution in [0.2, 0.25) is 0 Å². The molecule has 5 heteroatoms. The number of nitrogens with one attached hydrogen (secondary N) is 1. The van der Waals surface area contributed by atoms with E-state index in [1.54, 1.807) is 18.3 Å². The summed E-state index contributed by atoms with van der Waals surface area (Å²) in [5, 5.41) is 3.31. The molecule has 0 radical (unpaired) electrons. The Morgan fingerprint density at radius 2 is 2.50 bits per heavy atom. The summed E-state index contributed by atoms with van der Waals surface area (Å²) in [7, 11) is 1.35. The molecule has 5 nitrogen and oxygen atoms in total. The molecule has 1 unspecified atom stereocenters. The highest BCUT2D eigenvalue weighted by Gasteiger charge is 2.16. The molecule has 1 aromatic heterocycles. The standard InChI is InChI=1S/C13H18N2O3/c1-17-13(16)11-3-2-6-15-12(11)18-8-5-10-4-7-14-9-10/h2-3,6,10,14H,4-5,7-9H2,1H3. The van der Waals surface area contributed by atoms with E-state index >= 15 is 0 Å². The van der Waals surface area contributed by atoms with Crippen molar-refractivity contribution in [3.05, 3.63) is 23.9 Å². The van der Waals surface area contributed by atoms with Crippen LogP contribution in [0.15, 0.2) is 18.3 Å². The van der Waals surface area contributed by atoms with E-state index in [0.717, 1.165) is 19.5 Å². The molecule has 1 fully saturated rings. The van der Waals surface area contributed by atoms with Crippen molar-refractivity contribution in [3.8, 4) is 5.88 Å². The van der Waals surface area contributed by atoms with Gasteiger partial charge in [0.05, 0.1) is 13.7 Å². The molecular weight excluding hydrogens is 232 g/mol. The Morgan fingerprint density at radius 1 is 1.61 bits per heavy atom. The van der Waals surface area contributed by atoms with E-state index in [0.29, 0.717) is 24.0 Å². The highest BCUT2D eigenvalue weighted by molar-refractivity contribution is 5.91. The molecule has 2 rings (SSSR count). The van der Waals surface area contributed by atoms with Crippen LogP contribution in [0.25, 0.3) is 0 Å². The number of hydrogen-bond donors (Lipinski definition) is 1. The van der Waals surface area contributed by atoms with Gasteiger partial charge in [0, 0.05) is 6.20 Å². The number of methoxy groups -OCH3 is 1. The quantitative estimate of drug-likeness (QED) is 0.797. The van der Waals surface area contributed by atoms with Crippen molar-refractivity contribution in [1.82, 2.24) is 10.3 Å². The lowest BCUT2D eigenvalue weighted by molar-refractivity contribution is 0.0594. The summed E-state index contributed by atoms with van der Waals surface area (Å²) in [5.41, 5.74) is 0.379. The van der Waals surface area contributed by atoms with Crippen molar-refractivity contribution in [2.24, 2.45) is 5.92 Å². The fraction of sp³-hybridized carbons (Fsp3) is 0.538. The number of carbonyl (C=O) groups excluding carboxylic acids is 1. The number of rotatable bonds is 5. The Morgan fingerprint density at radius 3 is 3.22 bits per heavy atom. The van der Waals surface area contributed by atoms with Crippen molar-refractivity contribution < 1.29 is 14.3 Å². The second-order valence-electron chi connectivity index (χ2n) is 4.34. The monoisotopic (exact) mass is 250 g/mol. The minimum Gasteiger partial charge on any atom is -0.477 e. The lowest BCUT2D eigenvalue weighted by atomic mass is 10.1. The lowest BCUT2D eigenvalue weighted by Crippen LogP contribution is -2.13. The van der Waals surface area contributed by atoms with Crippen LogP contribution in [0.4, 0.5) is 0 Å². The molecule has 0 saturated carbocycles. The largest absolute Gasteiger partial charge is 0.477 e. The van der Waals surface area contributed by atoms with E-state index in [-0.39, 0.29) is 0 Å². The number of carbonyl (C=O) groups is 1. The number of hydrogen-bond acceptors (Lipinski definition) is 5. The van der Waals surface area contributed by atoms with Crippen molar-refractivity contribution in [1.29, 1.82) is 0 Å². The van der Waals surface area contributed by atoms with Crippen LogP contribution in [-0.2, 0) is 4.74 Å². The first-order valence-electron chi connectivity index (χ1n) is 6.18. The van der Waals surface area contributed by atoms with Crippen LogP contribution in [0.1, 0.15) is 23.2 Å². The van der Waals surface area contributed by atoms with Gasteiger partial charge in [0.25, 0.3) is 0 Å². The van der Waals surface area contributed by atoms with Gasteiger partial charge >= 0.3 is 5.97 Å². The Balaban J connectivity index is 1.89. The molecule has 1 atom stereocenters. The number of aromatic nitrogens is 1. The summed E-state index contributed by atoms with van der Waals surface area (Å²) < 4.78 is 10.3. The van der Waals surface area contributed by atoms with Gasteiger partial charge in [-0.2, -0.15) is 0 Å². The van der Waals surface area contributed by atoms with Crippen LogP contribution in [-0.4, -0.2) is 37.8 Å². The maximum Gasteiger partial charge on any atom is 0.343 e. The molecule has 1 N–H and O–H groups in total. The molecule has 1 saturated heterocycles. The van der Waals surface area contributed by atoms with Crippen LogP contribution in [0.5, 0.6) is 5.88 Å². The molecule has 18 heavy (non-hydrogen) atoms. The topological polar surface area (TPSA) is 60.5 Å². The molecular formula is C13H18N2O3. The van der Waals surface area contributed by atoms with Gasteiger partial charge in [0.2, 0.25) is 5.88 Å². The van der Waals surface area contributed by atoms with Crippen molar-refractivity contribution in [2.75, 3.05) is 26.8 Å². The Hall–Kier alpha value is -1.62. The maximum absolute atomic E-state index is 11.5. The van der Waals surface area contributed by atoms with E-state index in [2.05, 4.69) is 15.0 Å². The zero-order valence-electron chi connectivity index (χ0n) is 10.5. The second kappa shape index (κ2) is 6.35. The SMILES string of the molecule is COC(=O)c1cccnc1OCCC1CCNC1. The van der Waals surface area contributed by atoms with E-state index in [9.17, 15) is 4.79 Å². The summed E-state index contributed by atoms with van der Waals surface area (Å²) in [4.78, 5) is 15.6. The van der Waals surface area contributed by atoms with Crippen LogP contribution in [0.3, 0.4) is 0 Å². The molecule has 0 aliphatic carbocycles. The lowest BCUT2D eigenvalue weighted by Gasteiger charge is -2.11. The zero-order valence-corrected chi connectivity index (χ0v) is 10.5. The molecule has 2 heterocycles. The zero-order chi connectivity index (χ0) is 12.8. The van der Waals surface area contributed by atoms with Crippen LogP contribution < -0.4 is 10.1 Å². The predicted molar refractivity (Wildman–Crippen MR) is 66.7 cm³/mol. The summed E-state index contributed by atoms with van der Waals surface area (Å²) >= 11 is 0. The molecule has 98 valence electrons. The van der Waals surface area contributed by atoms with Gasteiger partial charge in [0.15, 0.2) is 0 Å². The maximum atomic E-state index is 11.5. The fourth-order valence-electron chi connectivity index (χ4n) is 2.05. The van der Waals surface area contributed by atoms with Gasteiger partial charge < -0.3 is 14.8 Å². The molecule has 0 aromatic carbocycles. The average molecular weight is 250 g/mol. The van der Waals surface area contributed by atoms with Gasteiger partial charge in [0.1, 0.15) is 5.56 Å². The van der Waals surface area contributed by atoms with Crippen LogP contribution >= 0.6 is 0 Å². The Labute approximate surface area is 107 Å². The molecule has 0 amide bonds. The smallest absolute Gasteiger partial charge is 0.343 e. The minimum absolute atomic E-state index is 0.357. The number of pyridine rings is 1. The van der Waals surface area contributed by atoms with Gasteiger partial charge in [-0.1, -0.05) is 0 Å². The average Bonchev–Trinajstić information content (AvgIpc) is 2.92. The summed E-state index contributed by atoms with van der Waals surface area (Å²) in [6.45, 7) is 2.71. The molecule has 1 aromatic rings.